The monoisotopic (exact) mass is 416 g/mol. The number of amides is 2. The van der Waals surface area contributed by atoms with Crippen molar-refractivity contribution in [3.8, 4) is 0 Å². The molecule has 1 aliphatic heterocycles. The van der Waals surface area contributed by atoms with Gasteiger partial charge in [-0.3, -0.25) is 9.59 Å². The number of carbonyl (C=O) groups is 2. The Labute approximate surface area is 180 Å². The van der Waals surface area contributed by atoms with E-state index in [4.69, 9.17) is 4.74 Å². The zero-order valence-corrected chi connectivity index (χ0v) is 18.3. The molecule has 1 aromatic rings. The highest BCUT2D eigenvalue weighted by molar-refractivity contribution is 5.94. The number of pyridine rings is 1. The number of aromatic nitrogens is 1. The Balaban J connectivity index is 1.39. The minimum Gasteiger partial charge on any atom is -0.385 e. The molecular formula is C23H36N4O3. The number of carbonyl (C=O) groups excluding carboxylic acids is 2. The van der Waals surface area contributed by atoms with E-state index in [1.165, 1.54) is 32.1 Å². The van der Waals surface area contributed by atoms with Crippen LogP contribution in [0.4, 0.5) is 5.82 Å². The Morgan fingerprint density at radius 3 is 2.57 bits per heavy atom. The fourth-order valence-corrected chi connectivity index (χ4v) is 4.37. The summed E-state index contributed by atoms with van der Waals surface area (Å²) in [6, 6.07) is 3.71. The quantitative estimate of drug-likeness (QED) is 0.627. The van der Waals surface area contributed by atoms with E-state index in [0.717, 1.165) is 50.8 Å². The molecule has 3 rings (SSSR count). The lowest BCUT2D eigenvalue weighted by Crippen LogP contribution is -2.49. The summed E-state index contributed by atoms with van der Waals surface area (Å²) in [6.45, 7) is 4.27. The van der Waals surface area contributed by atoms with Gasteiger partial charge in [-0.25, -0.2) is 4.98 Å². The third kappa shape index (κ3) is 6.69. The van der Waals surface area contributed by atoms with Gasteiger partial charge >= 0.3 is 0 Å². The molecular weight excluding hydrogens is 380 g/mol. The maximum atomic E-state index is 12.6. The van der Waals surface area contributed by atoms with Crippen molar-refractivity contribution in [3.63, 3.8) is 0 Å². The number of ether oxygens (including phenoxy) is 1. The fourth-order valence-electron chi connectivity index (χ4n) is 4.37. The van der Waals surface area contributed by atoms with Crippen molar-refractivity contribution >= 4 is 17.6 Å². The van der Waals surface area contributed by atoms with Crippen molar-refractivity contribution in [2.75, 3.05) is 51.3 Å². The maximum Gasteiger partial charge on any atom is 0.252 e. The van der Waals surface area contributed by atoms with E-state index in [2.05, 4.69) is 15.2 Å². The lowest BCUT2D eigenvalue weighted by Gasteiger charge is -2.35. The van der Waals surface area contributed by atoms with Gasteiger partial charge in [0.1, 0.15) is 5.82 Å². The van der Waals surface area contributed by atoms with Gasteiger partial charge in [0.15, 0.2) is 0 Å². The molecule has 0 radical (unpaired) electrons. The summed E-state index contributed by atoms with van der Waals surface area (Å²) >= 11 is 0. The van der Waals surface area contributed by atoms with Gasteiger partial charge in [0.05, 0.1) is 5.56 Å². The number of piperazine rings is 1. The van der Waals surface area contributed by atoms with Gasteiger partial charge in [-0.05, 0) is 30.9 Å². The lowest BCUT2D eigenvalue weighted by atomic mass is 9.86. The minimum absolute atomic E-state index is 0.112. The highest BCUT2D eigenvalue weighted by Gasteiger charge is 2.23. The van der Waals surface area contributed by atoms with E-state index in [9.17, 15) is 9.59 Å². The SMILES string of the molecule is COCCCNC(=O)c1ccc(N2CCN(C(=O)CCC3CCCCC3)CC2)nc1. The fraction of sp³-hybridized carbons (Fsp3) is 0.696. The smallest absolute Gasteiger partial charge is 0.252 e. The molecule has 1 saturated carbocycles. The molecule has 2 amide bonds. The van der Waals surface area contributed by atoms with Crippen molar-refractivity contribution in [3.05, 3.63) is 23.9 Å². The third-order valence-corrected chi connectivity index (χ3v) is 6.27. The largest absolute Gasteiger partial charge is 0.385 e. The zero-order chi connectivity index (χ0) is 21.2. The molecule has 0 spiro atoms. The van der Waals surface area contributed by atoms with Crippen LogP contribution in [0.2, 0.25) is 0 Å². The first kappa shape index (κ1) is 22.5. The van der Waals surface area contributed by atoms with Crippen molar-refractivity contribution < 1.29 is 14.3 Å². The molecule has 2 fully saturated rings. The highest BCUT2D eigenvalue weighted by atomic mass is 16.5. The molecule has 7 nitrogen and oxygen atoms in total. The van der Waals surface area contributed by atoms with Gasteiger partial charge in [-0.15, -0.1) is 0 Å². The second-order valence-electron chi connectivity index (χ2n) is 8.42. The van der Waals surface area contributed by atoms with Crippen LogP contribution in [0.5, 0.6) is 0 Å². The number of hydrogen-bond donors (Lipinski definition) is 1. The molecule has 1 aliphatic carbocycles. The van der Waals surface area contributed by atoms with Crippen LogP contribution in [0.3, 0.4) is 0 Å². The van der Waals surface area contributed by atoms with Crippen LogP contribution in [0.25, 0.3) is 0 Å². The van der Waals surface area contributed by atoms with Gasteiger partial charge in [0.25, 0.3) is 5.91 Å². The first-order valence-corrected chi connectivity index (χ1v) is 11.4. The van der Waals surface area contributed by atoms with Gasteiger partial charge in [0.2, 0.25) is 5.91 Å². The predicted molar refractivity (Wildman–Crippen MR) is 118 cm³/mol. The molecule has 0 unspecified atom stereocenters. The third-order valence-electron chi connectivity index (χ3n) is 6.27. The molecule has 0 aromatic carbocycles. The summed E-state index contributed by atoms with van der Waals surface area (Å²) < 4.78 is 4.98. The summed E-state index contributed by atoms with van der Waals surface area (Å²) in [4.78, 5) is 33.4. The lowest BCUT2D eigenvalue weighted by molar-refractivity contribution is -0.131. The molecule has 7 heteroatoms. The Morgan fingerprint density at radius 2 is 1.90 bits per heavy atom. The van der Waals surface area contributed by atoms with Crippen LogP contribution >= 0.6 is 0 Å². The first-order chi connectivity index (χ1) is 14.7. The number of nitrogens with zero attached hydrogens (tertiary/aromatic N) is 3. The zero-order valence-electron chi connectivity index (χ0n) is 18.3. The highest BCUT2D eigenvalue weighted by Crippen LogP contribution is 2.27. The average molecular weight is 417 g/mol. The molecule has 1 aromatic heterocycles. The molecule has 2 aliphatic rings. The molecule has 2 heterocycles. The molecule has 0 bridgehead atoms. The predicted octanol–water partition coefficient (Wildman–Crippen LogP) is 2.86. The van der Waals surface area contributed by atoms with Crippen LogP contribution in [-0.2, 0) is 9.53 Å². The van der Waals surface area contributed by atoms with E-state index in [1.54, 1.807) is 13.3 Å². The molecule has 1 saturated heterocycles. The van der Waals surface area contributed by atoms with Crippen LogP contribution in [0.15, 0.2) is 18.3 Å². The van der Waals surface area contributed by atoms with Crippen molar-refractivity contribution in [2.24, 2.45) is 5.92 Å². The Kier molecular flexibility index (Phi) is 8.93. The minimum atomic E-state index is -0.112. The van der Waals surface area contributed by atoms with Gasteiger partial charge in [0, 0.05) is 59.1 Å². The van der Waals surface area contributed by atoms with Crippen molar-refractivity contribution in [1.29, 1.82) is 0 Å². The van der Waals surface area contributed by atoms with Gasteiger partial charge < -0.3 is 19.9 Å². The van der Waals surface area contributed by atoms with E-state index in [0.29, 0.717) is 31.0 Å². The second kappa shape index (κ2) is 11.9. The van der Waals surface area contributed by atoms with Gasteiger partial charge in [-0.1, -0.05) is 32.1 Å². The molecule has 0 atom stereocenters. The summed E-state index contributed by atoms with van der Waals surface area (Å²) in [5.41, 5.74) is 0.563. The number of nitrogens with one attached hydrogen (secondary N) is 1. The van der Waals surface area contributed by atoms with Crippen LogP contribution in [0.1, 0.15) is 61.7 Å². The summed E-state index contributed by atoms with van der Waals surface area (Å²) in [5.74, 6) is 1.80. The summed E-state index contributed by atoms with van der Waals surface area (Å²) in [7, 11) is 1.65. The number of methoxy groups -OCH3 is 1. The Bertz CT molecular complexity index is 666. The Hall–Kier alpha value is -2.15. The molecule has 1 N–H and O–H groups in total. The topological polar surface area (TPSA) is 74.8 Å². The van der Waals surface area contributed by atoms with E-state index < -0.39 is 0 Å². The van der Waals surface area contributed by atoms with Crippen molar-refractivity contribution in [2.45, 2.75) is 51.4 Å². The van der Waals surface area contributed by atoms with Crippen molar-refractivity contribution in [1.82, 2.24) is 15.2 Å². The summed E-state index contributed by atoms with van der Waals surface area (Å²) in [6.07, 6.45) is 10.8. The maximum absolute atomic E-state index is 12.6. The second-order valence-corrected chi connectivity index (χ2v) is 8.42. The molecule has 30 heavy (non-hydrogen) atoms. The van der Waals surface area contributed by atoms with E-state index >= 15 is 0 Å². The van der Waals surface area contributed by atoms with E-state index in [-0.39, 0.29) is 5.91 Å². The number of anilines is 1. The standard InChI is InChI=1S/C23H36N4O3/c1-30-17-5-12-24-23(29)20-9-10-21(25-18-20)26-13-15-27(16-14-26)22(28)11-8-19-6-3-2-4-7-19/h9-10,18-19H,2-8,11-17H2,1H3,(H,24,29). The van der Waals surface area contributed by atoms with Crippen LogP contribution in [-0.4, -0.2) is 68.1 Å². The average Bonchev–Trinajstić information content (AvgIpc) is 2.81. The van der Waals surface area contributed by atoms with Crippen LogP contribution < -0.4 is 10.2 Å². The summed E-state index contributed by atoms with van der Waals surface area (Å²) in [5, 5.41) is 2.87. The number of hydrogen-bond acceptors (Lipinski definition) is 5. The normalized spacial score (nSPS) is 17.8. The Morgan fingerprint density at radius 1 is 1.13 bits per heavy atom. The number of rotatable bonds is 9. The van der Waals surface area contributed by atoms with E-state index in [1.807, 2.05) is 17.0 Å². The molecule has 166 valence electrons. The van der Waals surface area contributed by atoms with Crippen LogP contribution in [0, 0.1) is 5.92 Å². The van der Waals surface area contributed by atoms with Gasteiger partial charge in [-0.2, -0.15) is 0 Å². The first-order valence-electron chi connectivity index (χ1n) is 11.4.